The summed E-state index contributed by atoms with van der Waals surface area (Å²) < 4.78 is 20.3. The second-order valence-corrected chi connectivity index (χ2v) is 5.01. The molecule has 0 amide bonds. The van der Waals surface area contributed by atoms with E-state index in [2.05, 4.69) is 4.98 Å². The number of nitrogens with zero attached hydrogens (tertiary/aromatic N) is 2. The lowest BCUT2D eigenvalue weighted by Gasteiger charge is -2.16. The Morgan fingerprint density at radius 2 is 2.33 bits per heavy atom. The number of hydrogen-bond acceptors (Lipinski definition) is 6. The van der Waals surface area contributed by atoms with Crippen molar-refractivity contribution < 1.29 is 19.3 Å². The monoisotopic (exact) mass is 371 g/mol. The van der Waals surface area contributed by atoms with Gasteiger partial charge in [0.2, 0.25) is 0 Å². The third-order valence-corrected chi connectivity index (χ3v) is 3.51. The van der Waals surface area contributed by atoms with E-state index in [1.807, 2.05) is 22.6 Å². The van der Waals surface area contributed by atoms with Crippen LogP contribution in [-0.4, -0.2) is 44.8 Å². The van der Waals surface area contributed by atoms with E-state index in [4.69, 9.17) is 15.6 Å². The van der Waals surface area contributed by atoms with E-state index in [9.17, 15) is 14.3 Å². The molecule has 0 spiro atoms. The Bertz CT molecular complexity index is 511. The average molecular weight is 371 g/mol. The molecule has 1 aliphatic rings. The number of halogens is 2. The van der Waals surface area contributed by atoms with Gasteiger partial charge in [0.05, 0.1) is 10.2 Å². The van der Waals surface area contributed by atoms with Gasteiger partial charge in [-0.1, -0.05) is 0 Å². The first kappa shape index (κ1) is 13.6. The van der Waals surface area contributed by atoms with Gasteiger partial charge in [0.15, 0.2) is 12.4 Å². The van der Waals surface area contributed by atoms with Crippen molar-refractivity contribution in [3.63, 3.8) is 0 Å². The molecule has 1 aromatic rings. The van der Waals surface area contributed by atoms with Crippen LogP contribution in [0.15, 0.2) is 11.0 Å². The largest absolute Gasteiger partial charge is 0.394 e. The number of hydrogen-bond donors (Lipinski definition) is 3. The molecule has 2 heterocycles. The molecule has 4 N–H and O–H groups in total. The molecule has 2 rings (SSSR count). The lowest BCUT2D eigenvalue weighted by Crippen LogP contribution is -2.34. The summed E-state index contributed by atoms with van der Waals surface area (Å²) in [6, 6.07) is 0. The zero-order valence-corrected chi connectivity index (χ0v) is 11.2. The number of nitrogens with two attached hydrogens (primary N) is 1. The minimum absolute atomic E-state index is 0.0458. The van der Waals surface area contributed by atoms with Crippen LogP contribution in [0.4, 0.5) is 10.2 Å². The number of alkyl halides is 1. The number of aliphatic hydroxyl groups is 2. The second kappa shape index (κ2) is 5.07. The van der Waals surface area contributed by atoms with Crippen molar-refractivity contribution in [3.05, 3.63) is 20.3 Å². The number of aliphatic hydroxyl groups excluding tert-OH is 2. The molecule has 7 nitrogen and oxygen atoms in total. The predicted octanol–water partition coefficient (Wildman–Crippen LogP) is -0.981. The lowest BCUT2D eigenvalue weighted by molar-refractivity contribution is -0.0491. The maximum atomic E-state index is 13.8. The number of anilines is 1. The van der Waals surface area contributed by atoms with Gasteiger partial charge < -0.3 is 20.7 Å². The van der Waals surface area contributed by atoms with Crippen LogP contribution in [0.25, 0.3) is 0 Å². The van der Waals surface area contributed by atoms with Crippen LogP contribution in [0.3, 0.4) is 0 Å². The molecule has 1 aromatic heterocycles. The summed E-state index contributed by atoms with van der Waals surface area (Å²) >= 11 is 1.84. The third-order valence-electron chi connectivity index (χ3n) is 2.68. The highest BCUT2D eigenvalue weighted by atomic mass is 127. The smallest absolute Gasteiger partial charge is 0.351 e. The molecule has 1 aliphatic heterocycles. The highest BCUT2D eigenvalue weighted by Crippen LogP contribution is 2.31. The van der Waals surface area contributed by atoms with Gasteiger partial charge in [-0.05, 0) is 22.6 Å². The Morgan fingerprint density at radius 3 is 2.89 bits per heavy atom. The Hall–Kier alpha value is -0.780. The number of ether oxygens (including phenoxy) is 1. The molecule has 0 saturated carbocycles. The van der Waals surface area contributed by atoms with Gasteiger partial charge >= 0.3 is 5.69 Å². The van der Waals surface area contributed by atoms with Crippen LogP contribution in [0.2, 0.25) is 0 Å². The Labute approximate surface area is 115 Å². The summed E-state index contributed by atoms with van der Waals surface area (Å²) in [5.74, 6) is 0.0458. The molecule has 0 aliphatic carbocycles. The van der Waals surface area contributed by atoms with Crippen molar-refractivity contribution >= 4 is 28.4 Å². The number of aromatic nitrogens is 2. The summed E-state index contributed by atoms with van der Waals surface area (Å²) in [6.45, 7) is -0.535. The van der Waals surface area contributed by atoms with Gasteiger partial charge in [-0.3, -0.25) is 4.57 Å². The van der Waals surface area contributed by atoms with Gasteiger partial charge in [-0.15, -0.1) is 0 Å². The molecule has 1 fully saturated rings. The molecular formula is C9H11FIN3O4. The normalized spacial score (nSPS) is 31.8. The van der Waals surface area contributed by atoms with Gasteiger partial charge in [0, 0.05) is 6.20 Å². The topological polar surface area (TPSA) is 111 Å². The summed E-state index contributed by atoms with van der Waals surface area (Å²) in [7, 11) is 0. The highest BCUT2D eigenvalue weighted by Gasteiger charge is 2.45. The Balaban J connectivity index is 2.39. The molecule has 0 bridgehead atoms. The maximum absolute atomic E-state index is 13.8. The van der Waals surface area contributed by atoms with E-state index in [0.717, 1.165) is 4.57 Å². The van der Waals surface area contributed by atoms with E-state index < -0.39 is 36.9 Å². The molecule has 18 heavy (non-hydrogen) atoms. The summed E-state index contributed by atoms with van der Waals surface area (Å²) in [6.07, 6.45) is -4.38. The molecule has 1 unspecified atom stereocenters. The Morgan fingerprint density at radius 1 is 1.67 bits per heavy atom. The molecule has 9 heteroatoms. The molecule has 4 atom stereocenters. The first-order valence-corrected chi connectivity index (χ1v) is 6.16. The summed E-state index contributed by atoms with van der Waals surface area (Å²) in [5.41, 5.74) is 4.68. The third kappa shape index (κ3) is 2.22. The van der Waals surface area contributed by atoms with Crippen molar-refractivity contribution in [2.24, 2.45) is 0 Å². The minimum Gasteiger partial charge on any atom is -0.394 e. The van der Waals surface area contributed by atoms with Crippen molar-refractivity contribution in [1.29, 1.82) is 0 Å². The molecular weight excluding hydrogens is 360 g/mol. The second-order valence-electron chi connectivity index (χ2n) is 3.85. The van der Waals surface area contributed by atoms with Crippen LogP contribution < -0.4 is 11.4 Å². The van der Waals surface area contributed by atoms with E-state index in [0.29, 0.717) is 3.57 Å². The zero-order chi connectivity index (χ0) is 13.4. The summed E-state index contributed by atoms with van der Waals surface area (Å²) in [4.78, 5) is 15.1. The summed E-state index contributed by atoms with van der Waals surface area (Å²) in [5, 5.41) is 18.4. The van der Waals surface area contributed by atoms with Gasteiger partial charge in [-0.25, -0.2) is 9.18 Å². The molecule has 0 aromatic carbocycles. The SMILES string of the molecule is Nc1nc(=O)n([C@@H]2O[C@H](CO)[C@@H](O)C2F)cc1I. The zero-order valence-electron chi connectivity index (χ0n) is 9.03. The van der Waals surface area contributed by atoms with Crippen molar-refractivity contribution in [2.75, 3.05) is 12.3 Å². The fourth-order valence-corrected chi connectivity index (χ4v) is 2.14. The fourth-order valence-electron chi connectivity index (χ4n) is 1.72. The van der Waals surface area contributed by atoms with Gasteiger partial charge in [-0.2, -0.15) is 4.98 Å². The van der Waals surface area contributed by atoms with Crippen molar-refractivity contribution in [3.8, 4) is 0 Å². The van der Waals surface area contributed by atoms with E-state index >= 15 is 0 Å². The quantitative estimate of drug-likeness (QED) is 0.577. The average Bonchev–Trinajstić information content (AvgIpc) is 2.61. The fraction of sp³-hybridized carbons (Fsp3) is 0.556. The Kier molecular flexibility index (Phi) is 3.84. The van der Waals surface area contributed by atoms with E-state index in [1.165, 1.54) is 6.20 Å². The van der Waals surface area contributed by atoms with Crippen LogP contribution in [0, 0.1) is 3.57 Å². The predicted molar refractivity (Wildman–Crippen MR) is 67.5 cm³/mol. The highest BCUT2D eigenvalue weighted by molar-refractivity contribution is 14.1. The maximum Gasteiger partial charge on any atom is 0.351 e. The van der Waals surface area contributed by atoms with E-state index in [-0.39, 0.29) is 5.82 Å². The van der Waals surface area contributed by atoms with E-state index in [1.54, 1.807) is 0 Å². The first-order valence-electron chi connectivity index (χ1n) is 5.08. The first-order chi connectivity index (χ1) is 8.45. The standard InChI is InChI=1S/C9H11FIN3O4/c10-5-6(16)4(2-15)18-8(5)14-1-3(11)7(12)13-9(14)17/h1,4-6,8,15-16H,2H2,(H2,12,13,17)/t4-,5?,6-,8-/m1/s1. The number of nitrogen functional groups attached to an aromatic ring is 1. The van der Waals surface area contributed by atoms with Crippen LogP contribution in [0.1, 0.15) is 6.23 Å². The van der Waals surface area contributed by atoms with Gasteiger partial charge in [0.1, 0.15) is 18.0 Å². The van der Waals surface area contributed by atoms with Gasteiger partial charge in [0.25, 0.3) is 0 Å². The van der Waals surface area contributed by atoms with Crippen LogP contribution in [0.5, 0.6) is 0 Å². The van der Waals surface area contributed by atoms with Crippen LogP contribution in [-0.2, 0) is 4.74 Å². The van der Waals surface area contributed by atoms with Crippen LogP contribution >= 0.6 is 22.6 Å². The molecule has 1 saturated heterocycles. The minimum atomic E-state index is -1.82. The van der Waals surface area contributed by atoms with Crippen molar-refractivity contribution in [2.45, 2.75) is 24.6 Å². The molecule has 0 radical (unpaired) electrons. The van der Waals surface area contributed by atoms with Crippen molar-refractivity contribution in [1.82, 2.24) is 9.55 Å². The lowest BCUT2D eigenvalue weighted by atomic mass is 10.1. The number of rotatable bonds is 2. The molecule has 100 valence electrons.